The molecule has 0 unspecified atom stereocenters. The highest BCUT2D eigenvalue weighted by molar-refractivity contribution is 5.89. The van der Waals surface area contributed by atoms with Crippen LogP contribution in [-0.2, 0) is 9.53 Å². The molecule has 1 aliphatic rings. The van der Waals surface area contributed by atoms with E-state index in [1.807, 2.05) is 19.1 Å². The molecule has 1 aliphatic heterocycles. The van der Waals surface area contributed by atoms with Crippen molar-refractivity contribution < 1.29 is 19.4 Å². The monoisotopic (exact) mass is 355 g/mol. The summed E-state index contributed by atoms with van der Waals surface area (Å²) in [4.78, 5) is 34.0. The molecule has 1 atom stereocenters. The van der Waals surface area contributed by atoms with Crippen LogP contribution in [0.15, 0.2) is 30.3 Å². The second-order valence-electron chi connectivity index (χ2n) is 6.37. The maximum absolute atomic E-state index is 12.0. The number of rotatable bonds is 5. The Kier molecular flexibility index (Phi) is 5.27. The largest absolute Gasteiger partial charge is 0.478 e. The molecule has 1 N–H and O–H groups in total. The zero-order valence-corrected chi connectivity index (χ0v) is 14.8. The van der Waals surface area contributed by atoms with Crippen molar-refractivity contribution in [3.05, 3.63) is 47.4 Å². The Balaban J connectivity index is 1.86. The molecule has 1 fully saturated rings. The summed E-state index contributed by atoms with van der Waals surface area (Å²) in [5.41, 5.74) is 2.53. The van der Waals surface area contributed by atoms with Gasteiger partial charge in [-0.1, -0.05) is 12.1 Å². The summed E-state index contributed by atoms with van der Waals surface area (Å²) in [6.07, 6.45) is 0.834. The first kappa shape index (κ1) is 18.0. The maximum atomic E-state index is 12.0. The molecule has 1 amide bonds. The van der Waals surface area contributed by atoms with E-state index in [0.717, 1.165) is 17.7 Å². The number of hydrogen-bond acceptors (Lipinski definition) is 5. The summed E-state index contributed by atoms with van der Waals surface area (Å²) in [6.45, 7) is 3.19. The van der Waals surface area contributed by atoms with E-state index in [1.165, 1.54) is 7.11 Å². The summed E-state index contributed by atoms with van der Waals surface area (Å²) in [7, 11) is 1.51. The number of carboxylic acids is 1. The van der Waals surface area contributed by atoms with Gasteiger partial charge in [0, 0.05) is 37.4 Å². The van der Waals surface area contributed by atoms with E-state index >= 15 is 0 Å². The number of aryl methyl sites for hydroxylation is 1. The standard InChI is InChI=1S/C19H21N3O4/c1-12-20-16(13-4-3-5-14(8-13)19(24)25)9-17(21-12)15-6-7-22(10-15)18(23)11-26-2/h3-5,8-9,15H,6-7,10-11H2,1-2H3,(H,24,25)/t15-/m0/s1. The number of nitrogens with zero attached hydrogens (tertiary/aromatic N) is 3. The van der Waals surface area contributed by atoms with Gasteiger partial charge < -0.3 is 14.7 Å². The van der Waals surface area contributed by atoms with Gasteiger partial charge >= 0.3 is 5.97 Å². The van der Waals surface area contributed by atoms with Crippen LogP contribution in [0.25, 0.3) is 11.3 Å². The Morgan fingerprint density at radius 3 is 2.85 bits per heavy atom. The van der Waals surface area contributed by atoms with E-state index < -0.39 is 5.97 Å². The third-order valence-electron chi connectivity index (χ3n) is 4.49. The van der Waals surface area contributed by atoms with Gasteiger partial charge in [-0.2, -0.15) is 0 Å². The average molecular weight is 355 g/mol. The fourth-order valence-corrected chi connectivity index (χ4v) is 3.20. The number of carboxylic acid groups (broad SMARTS) is 1. The molecule has 2 aromatic rings. The highest BCUT2D eigenvalue weighted by Gasteiger charge is 2.28. The Morgan fingerprint density at radius 1 is 1.31 bits per heavy atom. The van der Waals surface area contributed by atoms with Crippen molar-refractivity contribution in [2.75, 3.05) is 26.8 Å². The number of ether oxygens (including phenoxy) is 1. The molecular weight excluding hydrogens is 334 g/mol. The molecule has 7 nitrogen and oxygen atoms in total. The number of methoxy groups -OCH3 is 1. The third-order valence-corrected chi connectivity index (χ3v) is 4.49. The number of likely N-dealkylation sites (tertiary alicyclic amines) is 1. The van der Waals surface area contributed by atoms with Crippen molar-refractivity contribution in [3.8, 4) is 11.3 Å². The zero-order chi connectivity index (χ0) is 18.7. The first-order chi connectivity index (χ1) is 12.5. The van der Waals surface area contributed by atoms with E-state index in [2.05, 4.69) is 9.97 Å². The van der Waals surface area contributed by atoms with Gasteiger partial charge in [0.1, 0.15) is 12.4 Å². The van der Waals surface area contributed by atoms with Crippen LogP contribution in [0.1, 0.15) is 34.2 Å². The Hall–Kier alpha value is -2.80. The van der Waals surface area contributed by atoms with Crippen molar-refractivity contribution in [2.45, 2.75) is 19.3 Å². The van der Waals surface area contributed by atoms with Gasteiger partial charge in [-0.05, 0) is 31.5 Å². The fraction of sp³-hybridized carbons (Fsp3) is 0.368. The molecule has 2 heterocycles. The van der Waals surface area contributed by atoms with Gasteiger partial charge in [0.2, 0.25) is 5.91 Å². The fourth-order valence-electron chi connectivity index (χ4n) is 3.20. The smallest absolute Gasteiger partial charge is 0.335 e. The van der Waals surface area contributed by atoms with Crippen LogP contribution >= 0.6 is 0 Å². The lowest BCUT2D eigenvalue weighted by Crippen LogP contribution is -2.31. The molecule has 3 rings (SSSR count). The van der Waals surface area contributed by atoms with Gasteiger partial charge in [-0.3, -0.25) is 4.79 Å². The number of amides is 1. The number of carbonyl (C=O) groups is 2. The molecule has 0 aliphatic carbocycles. The summed E-state index contributed by atoms with van der Waals surface area (Å²) in [5, 5.41) is 9.18. The van der Waals surface area contributed by atoms with E-state index in [-0.39, 0.29) is 24.0 Å². The van der Waals surface area contributed by atoms with Crippen LogP contribution in [-0.4, -0.2) is 58.7 Å². The molecule has 0 bridgehead atoms. The molecule has 7 heteroatoms. The number of benzene rings is 1. The minimum atomic E-state index is -0.971. The molecular formula is C19H21N3O4. The maximum Gasteiger partial charge on any atom is 0.335 e. The molecule has 0 saturated carbocycles. The SMILES string of the molecule is COCC(=O)N1CC[C@H](c2cc(-c3cccc(C(=O)O)c3)nc(C)n2)C1. The van der Waals surface area contributed by atoms with Crippen molar-refractivity contribution in [3.63, 3.8) is 0 Å². The Bertz CT molecular complexity index is 837. The topological polar surface area (TPSA) is 92.6 Å². The predicted molar refractivity (Wildman–Crippen MR) is 95.0 cm³/mol. The zero-order valence-electron chi connectivity index (χ0n) is 14.8. The quantitative estimate of drug-likeness (QED) is 0.883. The summed E-state index contributed by atoms with van der Waals surface area (Å²) < 4.78 is 4.92. The molecule has 26 heavy (non-hydrogen) atoms. The summed E-state index contributed by atoms with van der Waals surface area (Å²) in [6, 6.07) is 8.59. The first-order valence-electron chi connectivity index (χ1n) is 8.44. The second kappa shape index (κ2) is 7.61. The van der Waals surface area contributed by atoms with Gasteiger partial charge in [0.05, 0.1) is 11.3 Å². The summed E-state index contributed by atoms with van der Waals surface area (Å²) >= 11 is 0. The number of hydrogen-bond donors (Lipinski definition) is 1. The predicted octanol–water partition coefficient (Wildman–Crippen LogP) is 2.11. The minimum absolute atomic E-state index is 0.0184. The van der Waals surface area contributed by atoms with Gasteiger partial charge in [-0.25, -0.2) is 14.8 Å². The number of carbonyl (C=O) groups excluding carboxylic acids is 1. The Labute approximate surface area is 151 Å². The number of aromatic nitrogens is 2. The van der Waals surface area contributed by atoms with Crippen LogP contribution in [0, 0.1) is 6.92 Å². The lowest BCUT2D eigenvalue weighted by molar-refractivity contribution is -0.134. The molecule has 136 valence electrons. The van der Waals surface area contributed by atoms with Crippen LogP contribution in [0.5, 0.6) is 0 Å². The first-order valence-corrected chi connectivity index (χ1v) is 8.44. The molecule has 0 spiro atoms. The molecule has 0 radical (unpaired) electrons. The van der Waals surface area contributed by atoms with Crippen LogP contribution in [0.2, 0.25) is 0 Å². The van der Waals surface area contributed by atoms with Crippen LogP contribution < -0.4 is 0 Å². The third kappa shape index (κ3) is 3.88. The normalized spacial score (nSPS) is 16.7. The molecule has 1 aromatic carbocycles. The van der Waals surface area contributed by atoms with Crippen LogP contribution in [0.4, 0.5) is 0 Å². The van der Waals surface area contributed by atoms with Crippen molar-refractivity contribution >= 4 is 11.9 Å². The van der Waals surface area contributed by atoms with Crippen LogP contribution in [0.3, 0.4) is 0 Å². The molecule has 1 saturated heterocycles. The second-order valence-corrected chi connectivity index (χ2v) is 6.37. The lowest BCUT2D eigenvalue weighted by Gasteiger charge is -2.16. The average Bonchev–Trinajstić information content (AvgIpc) is 3.12. The van der Waals surface area contributed by atoms with E-state index in [9.17, 15) is 14.7 Å². The van der Waals surface area contributed by atoms with Gasteiger partial charge in [0.15, 0.2) is 0 Å². The van der Waals surface area contributed by atoms with Gasteiger partial charge in [0.25, 0.3) is 0 Å². The number of aromatic carboxylic acids is 1. The summed E-state index contributed by atoms with van der Waals surface area (Å²) in [5.74, 6) is -0.227. The highest BCUT2D eigenvalue weighted by atomic mass is 16.5. The molecule has 1 aromatic heterocycles. The van der Waals surface area contributed by atoms with E-state index in [4.69, 9.17) is 4.74 Å². The van der Waals surface area contributed by atoms with Gasteiger partial charge in [-0.15, -0.1) is 0 Å². The Morgan fingerprint density at radius 2 is 2.12 bits per heavy atom. The van der Waals surface area contributed by atoms with E-state index in [0.29, 0.717) is 24.6 Å². The van der Waals surface area contributed by atoms with Crippen molar-refractivity contribution in [2.24, 2.45) is 0 Å². The minimum Gasteiger partial charge on any atom is -0.478 e. The lowest BCUT2D eigenvalue weighted by atomic mass is 10.0. The van der Waals surface area contributed by atoms with E-state index in [1.54, 1.807) is 23.1 Å². The van der Waals surface area contributed by atoms with Crippen molar-refractivity contribution in [1.29, 1.82) is 0 Å². The van der Waals surface area contributed by atoms with Crippen molar-refractivity contribution in [1.82, 2.24) is 14.9 Å². The highest BCUT2D eigenvalue weighted by Crippen LogP contribution is 2.29.